The van der Waals surface area contributed by atoms with Crippen molar-refractivity contribution in [3.8, 4) is 17.1 Å². The molecule has 0 aliphatic carbocycles. The fourth-order valence-electron chi connectivity index (χ4n) is 3.41. The number of nitrogens with zero attached hydrogens (tertiary/aromatic N) is 4. The monoisotopic (exact) mass is 440 g/mol. The van der Waals surface area contributed by atoms with Crippen LogP contribution >= 0.6 is 0 Å². The highest BCUT2D eigenvalue weighted by Gasteiger charge is 2.15. The lowest BCUT2D eigenvalue weighted by molar-refractivity contribution is 0.0996. The Morgan fingerprint density at radius 2 is 1.88 bits per heavy atom. The van der Waals surface area contributed by atoms with Gasteiger partial charge in [-0.05, 0) is 37.3 Å². The van der Waals surface area contributed by atoms with E-state index in [1.54, 1.807) is 42.0 Å². The number of amides is 1. The minimum Gasteiger partial charge on any atom is -0.495 e. The number of fused-ring (bicyclic) bond motifs is 1. The van der Waals surface area contributed by atoms with E-state index in [4.69, 9.17) is 9.15 Å². The summed E-state index contributed by atoms with van der Waals surface area (Å²) in [6.07, 6.45) is 1.45. The van der Waals surface area contributed by atoms with E-state index in [0.29, 0.717) is 34.5 Å². The molecule has 33 heavy (non-hydrogen) atoms. The first-order chi connectivity index (χ1) is 16.1. The standard InChI is InChI=1S/C24H20N6O3/c1-15-13-21(30-24(25-15)28-22(29-30)16-7-4-3-5-8-16)27-18-14-17(10-11-19(18)32-2)26-23(31)20-9-6-12-33-20/h3-14,27H,1-2H3,(H,26,31). The van der Waals surface area contributed by atoms with E-state index in [-0.39, 0.29) is 11.7 Å². The van der Waals surface area contributed by atoms with Gasteiger partial charge in [-0.15, -0.1) is 5.10 Å². The second-order valence-electron chi connectivity index (χ2n) is 7.27. The maximum absolute atomic E-state index is 12.4. The maximum Gasteiger partial charge on any atom is 0.291 e. The third kappa shape index (κ3) is 4.11. The van der Waals surface area contributed by atoms with Gasteiger partial charge in [0.25, 0.3) is 11.7 Å². The van der Waals surface area contributed by atoms with Gasteiger partial charge in [-0.1, -0.05) is 30.3 Å². The van der Waals surface area contributed by atoms with Crippen LogP contribution in [0.25, 0.3) is 17.2 Å². The van der Waals surface area contributed by atoms with E-state index < -0.39 is 0 Å². The molecule has 9 heteroatoms. The van der Waals surface area contributed by atoms with Crippen LogP contribution in [-0.4, -0.2) is 32.6 Å². The number of carbonyl (C=O) groups is 1. The predicted molar refractivity (Wildman–Crippen MR) is 124 cm³/mol. The summed E-state index contributed by atoms with van der Waals surface area (Å²) < 4.78 is 12.3. The van der Waals surface area contributed by atoms with E-state index >= 15 is 0 Å². The summed E-state index contributed by atoms with van der Waals surface area (Å²) in [5, 5.41) is 10.8. The summed E-state index contributed by atoms with van der Waals surface area (Å²) in [5.41, 5.74) is 2.88. The Morgan fingerprint density at radius 1 is 1.03 bits per heavy atom. The number of nitrogens with one attached hydrogen (secondary N) is 2. The lowest BCUT2D eigenvalue weighted by atomic mass is 10.2. The fourth-order valence-corrected chi connectivity index (χ4v) is 3.41. The van der Waals surface area contributed by atoms with Crippen molar-refractivity contribution >= 4 is 28.9 Å². The largest absolute Gasteiger partial charge is 0.495 e. The van der Waals surface area contributed by atoms with Crippen LogP contribution in [0.1, 0.15) is 16.2 Å². The lowest BCUT2D eigenvalue weighted by Crippen LogP contribution is -2.11. The van der Waals surface area contributed by atoms with Crippen molar-refractivity contribution in [2.75, 3.05) is 17.7 Å². The van der Waals surface area contributed by atoms with Crippen molar-refractivity contribution in [1.82, 2.24) is 19.6 Å². The molecule has 5 rings (SSSR count). The molecule has 2 aromatic carbocycles. The fraction of sp³-hybridized carbons (Fsp3) is 0.0833. The molecule has 0 atom stereocenters. The molecule has 164 valence electrons. The van der Waals surface area contributed by atoms with Crippen molar-refractivity contribution in [1.29, 1.82) is 0 Å². The number of aromatic nitrogens is 4. The van der Waals surface area contributed by atoms with Gasteiger partial charge in [0, 0.05) is 23.0 Å². The number of carbonyl (C=O) groups excluding carboxylic acids is 1. The molecular weight excluding hydrogens is 420 g/mol. The van der Waals surface area contributed by atoms with Gasteiger partial charge in [0.15, 0.2) is 11.6 Å². The van der Waals surface area contributed by atoms with Gasteiger partial charge >= 0.3 is 0 Å². The van der Waals surface area contributed by atoms with Crippen molar-refractivity contribution < 1.29 is 13.9 Å². The van der Waals surface area contributed by atoms with Gasteiger partial charge in [-0.2, -0.15) is 9.50 Å². The summed E-state index contributed by atoms with van der Waals surface area (Å²) in [6.45, 7) is 1.89. The number of methoxy groups -OCH3 is 1. The number of furan rings is 1. The topological polar surface area (TPSA) is 107 Å². The highest BCUT2D eigenvalue weighted by molar-refractivity contribution is 6.02. The highest BCUT2D eigenvalue weighted by Crippen LogP contribution is 2.31. The van der Waals surface area contributed by atoms with Gasteiger partial charge < -0.3 is 19.8 Å². The summed E-state index contributed by atoms with van der Waals surface area (Å²) >= 11 is 0. The number of anilines is 3. The SMILES string of the molecule is COc1ccc(NC(=O)c2ccco2)cc1Nc1cc(C)nc2nc(-c3ccccc3)nn12. The molecule has 5 aromatic rings. The number of rotatable bonds is 6. The molecule has 0 saturated carbocycles. The van der Waals surface area contributed by atoms with E-state index in [1.807, 2.05) is 43.3 Å². The Morgan fingerprint density at radius 3 is 2.64 bits per heavy atom. The first kappa shape index (κ1) is 20.3. The van der Waals surface area contributed by atoms with Crippen LogP contribution in [0, 0.1) is 6.92 Å². The molecule has 0 aliphatic rings. The number of benzene rings is 2. The number of aryl methyl sites for hydroxylation is 1. The zero-order valence-corrected chi connectivity index (χ0v) is 17.9. The molecule has 9 nitrogen and oxygen atoms in total. The molecule has 0 aliphatic heterocycles. The smallest absolute Gasteiger partial charge is 0.291 e. The molecule has 0 fully saturated rings. The molecule has 0 unspecified atom stereocenters. The van der Waals surface area contributed by atoms with Crippen LogP contribution in [-0.2, 0) is 0 Å². The van der Waals surface area contributed by atoms with E-state index in [0.717, 1.165) is 11.3 Å². The number of hydrogen-bond acceptors (Lipinski definition) is 7. The van der Waals surface area contributed by atoms with Crippen LogP contribution < -0.4 is 15.4 Å². The molecule has 0 radical (unpaired) electrons. The van der Waals surface area contributed by atoms with Crippen LogP contribution in [0.3, 0.4) is 0 Å². The van der Waals surface area contributed by atoms with Crippen LogP contribution in [0.15, 0.2) is 77.4 Å². The zero-order chi connectivity index (χ0) is 22.8. The van der Waals surface area contributed by atoms with E-state index in [2.05, 4.69) is 25.7 Å². The van der Waals surface area contributed by atoms with Gasteiger partial charge in [0.05, 0.1) is 19.1 Å². The third-order valence-corrected chi connectivity index (χ3v) is 4.94. The number of ether oxygens (including phenoxy) is 1. The molecule has 0 bridgehead atoms. The number of hydrogen-bond donors (Lipinski definition) is 2. The first-order valence-corrected chi connectivity index (χ1v) is 10.2. The second-order valence-corrected chi connectivity index (χ2v) is 7.27. The van der Waals surface area contributed by atoms with Gasteiger partial charge in [0.2, 0.25) is 0 Å². The third-order valence-electron chi connectivity index (χ3n) is 4.94. The Bertz CT molecular complexity index is 1430. The molecule has 0 saturated heterocycles. The molecule has 1 amide bonds. The van der Waals surface area contributed by atoms with Crippen molar-refractivity contribution in [3.05, 3.63) is 84.4 Å². The molecule has 0 spiro atoms. The van der Waals surface area contributed by atoms with Crippen molar-refractivity contribution in [3.63, 3.8) is 0 Å². The zero-order valence-electron chi connectivity index (χ0n) is 17.9. The quantitative estimate of drug-likeness (QED) is 0.394. The van der Waals surface area contributed by atoms with Crippen LogP contribution in [0.5, 0.6) is 5.75 Å². The lowest BCUT2D eigenvalue weighted by Gasteiger charge is -2.14. The first-order valence-electron chi connectivity index (χ1n) is 10.2. The van der Waals surface area contributed by atoms with E-state index in [9.17, 15) is 4.79 Å². The summed E-state index contributed by atoms with van der Waals surface area (Å²) in [5.74, 6) is 2.17. The van der Waals surface area contributed by atoms with Crippen molar-refractivity contribution in [2.45, 2.75) is 6.92 Å². The minimum atomic E-state index is -0.345. The average molecular weight is 440 g/mol. The second kappa shape index (κ2) is 8.46. The minimum absolute atomic E-state index is 0.225. The van der Waals surface area contributed by atoms with Crippen LogP contribution in [0.2, 0.25) is 0 Å². The molecule has 3 aromatic heterocycles. The van der Waals surface area contributed by atoms with Gasteiger partial charge in [-0.25, -0.2) is 4.98 Å². The summed E-state index contributed by atoms with van der Waals surface area (Å²) in [7, 11) is 1.58. The Labute approximate surface area is 189 Å². The molecular formula is C24H20N6O3. The molecule has 3 heterocycles. The summed E-state index contributed by atoms with van der Waals surface area (Å²) in [6, 6.07) is 20.1. The summed E-state index contributed by atoms with van der Waals surface area (Å²) in [4.78, 5) is 21.4. The Kier molecular flexibility index (Phi) is 5.19. The van der Waals surface area contributed by atoms with Gasteiger partial charge in [-0.3, -0.25) is 4.79 Å². The normalized spacial score (nSPS) is 10.8. The Hall–Kier alpha value is -4.66. The van der Waals surface area contributed by atoms with Crippen molar-refractivity contribution in [2.24, 2.45) is 0 Å². The highest BCUT2D eigenvalue weighted by atomic mass is 16.5. The predicted octanol–water partition coefficient (Wildman–Crippen LogP) is 4.70. The van der Waals surface area contributed by atoms with Crippen LogP contribution in [0.4, 0.5) is 17.2 Å². The Balaban J connectivity index is 1.51. The van der Waals surface area contributed by atoms with Gasteiger partial charge in [0.1, 0.15) is 11.6 Å². The maximum atomic E-state index is 12.4. The molecule has 2 N–H and O–H groups in total. The average Bonchev–Trinajstić information content (AvgIpc) is 3.50. The van der Waals surface area contributed by atoms with E-state index in [1.165, 1.54) is 6.26 Å².